The maximum Gasteiger partial charge on any atom is 0.159 e. The Morgan fingerprint density at radius 1 is 1.35 bits per heavy atom. The Balaban J connectivity index is 1.88. The number of halogens is 2. The van der Waals surface area contributed by atoms with Crippen molar-refractivity contribution in [3.8, 4) is 0 Å². The largest absolute Gasteiger partial charge is 0.316 e. The molecule has 0 aromatic heterocycles. The predicted molar refractivity (Wildman–Crippen MR) is 63.7 cm³/mol. The second-order valence-corrected chi connectivity index (χ2v) is 4.80. The van der Waals surface area contributed by atoms with Crippen molar-refractivity contribution >= 4 is 0 Å². The van der Waals surface area contributed by atoms with Gasteiger partial charge in [-0.25, -0.2) is 8.78 Å². The molecule has 1 aliphatic rings. The highest BCUT2D eigenvalue weighted by Gasteiger charge is 2.16. The molecule has 0 saturated carbocycles. The third kappa shape index (κ3) is 3.48. The molecule has 1 atom stereocenters. The van der Waals surface area contributed by atoms with Crippen LogP contribution in [0.1, 0.15) is 12.0 Å². The number of benzene rings is 1. The van der Waals surface area contributed by atoms with Crippen LogP contribution >= 0.6 is 0 Å². The molecule has 17 heavy (non-hydrogen) atoms. The average Bonchev–Trinajstić information content (AvgIpc) is 2.76. The number of nitrogens with one attached hydrogen (secondary N) is 1. The van der Waals surface area contributed by atoms with E-state index in [1.807, 2.05) is 7.05 Å². The van der Waals surface area contributed by atoms with Crippen LogP contribution in [-0.4, -0.2) is 31.6 Å². The normalized spacial score (nSPS) is 20.1. The number of nitrogens with zero attached hydrogens (tertiary/aromatic N) is 1. The molecular weight excluding hydrogens is 222 g/mol. The summed E-state index contributed by atoms with van der Waals surface area (Å²) in [4.78, 5) is 2.16. The van der Waals surface area contributed by atoms with Gasteiger partial charge in [0, 0.05) is 13.1 Å². The lowest BCUT2D eigenvalue weighted by molar-refractivity contribution is 0.278. The second-order valence-electron chi connectivity index (χ2n) is 4.80. The summed E-state index contributed by atoms with van der Waals surface area (Å²) in [5, 5.41) is 3.32. The molecule has 0 radical (unpaired) electrons. The predicted octanol–water partition coefficient (Wildman–Crippen LogP) is 2.01. The van der Waals surface area contributed by atoms with E-state index in [2.05, 4.69) is 10.2 Å². The van der Waals surface area contributed by atoms with Gasteiger partial charge in [0.25, 0.3) is 0 Å². The topological polar surface area (TPSA) is 15.3 Å². The number of rotatable bonds is 4. The molecule has 1 N–H and O–H groups in total. The zero-order chi connectivity index (χ0) is 12.3. The first-order valence-electron chi connectivity index (χ1n) is 5.98. The van der Waals surface area contributed by atoms with Crippen molar-refractivity contribution < 1.29 is 8.78 Å². The van der Waals surface area contributed by atoms with Crippen molar-refractivity contribution in [2.24, 2.45) is 5.92 Å². The molecule has 1 aromatic rings. The molecule has 2 rings (SSSR count). The fraction of sp³-hybridized carbons (Fsp3) is 0.538. The van der Waals surface area contributed by atoms with Gasteiger partial charge in [-0.3, -0.25) is 0 Å². The monoisotopic (exact) mass is 240 g/mol. The smallest absolute Gasteiger partial charge is 0.159 e. The summed E-state index contributed by atoms with van der Waals surface area (Å²) >= 11 is 0. The van der Waals surface area contributed by atoms with E-state index >= 15 is 0 Å². The molecular formula is C13H18F2N2. The third-order valence-corrected chi connectivity index (χ3v) is 3.17. The van der Waals surface area contributed by atoms with Crippen LogP contribution in [0.3, 0.4) is 0 Å². The van der Waals surface area contributed by atoms with Gasteiger partial charge in [0.15, 0.2) is 11.6 Å². The van der Waals surface area contributed by atoms with Gasteiger partial charge in [0.1, 0.15) is 0 Å². The molecule has 2 nitrogen and oxygen atoms in total. The van der Waals surface area contributed by atoms with Crippen molar-refractivity contribution in [3.05, 3.63) is 35.4 Å². The summed E-state index contributed by atoms with van der Waals surface area (Å²) in [6.07, 6.45) is 1.20. The van der Waals surface area contributed by atoms with Gasteiger partial charge in [-0.1, -0.05) is 6.07 Å². The van der Waals surface area contributed by atoms with Gasteiger partial charge in [-0.05, 0) is 50.2 Å². The van der Waals surface area contributed by atoms with Crippen LogP contribution in [0.4, 0.5) is 8.78 Å². The molecule has 0 amide bonds. The zero-order valence-corrected chi connectivity index (χ0v) is 10.0. The lowest BCUT2D eigenvalue weighted by atomic mass is 10.1. The van der Waals surface area contributed by atoms with Gasteiger partial charge >= 0.3 is 0 Å². The third-order valence-electron chi connectivity index (χ3n) is 3.17. The standard InChI is InChI=1S/C13H18F2N2/c1-17(9-11-4-5-16-7-11)8-10-2-3-12(14)13(15)6-10/h2-3,6,11,16H,4-5,7-9H2,1H3. The molecule has 0 aliphatic carbocycles. The molecule has 1 saturated heterocycles. The summed E-state index contributed by atoms with van der Waals surface area (Å²) in [5.41, 5.74) is 0.817. The summed E-state index contributed by atoms with van der Waals surface area (Å²) in [5.74, 6) is -0.875. The molecule has 0 spiro atoms. The maximum atomic E-state index is 13.0. The van der Waals surface area contributed by atoms with Crippen molar-refractivity contribution in [1.82, 2.24) is 10.2 Å². The minimum atomic E-state index is -0.781. The summed E-state index contributed by atoms with van der Waals surface area (Å²) in [7, 11) is 2.01. The lowest BCUT2D eigenvalue weighted by Crippen LogP contribution is -2.26. The van der Waals surface area contributed by atoms with Crippen LogP contribution < -0.4 is 5.32 Å². The Morgan fingerprint density at radius 2 is 2.18 bits per heavy atom. The Morgan fingerprint density at radius 3 is 2.82 bits per heavy atom. The molecule has 1 fully saturated rings. The zero-order valence-electron chi connectivity index (χ0n) is 10.0. The van der Waals surface area contributed by atoms with Gasteiger partial charge in [-0.15, -0.1) is 0 Å². The van der Waals surface area contributed by atoms with Crippen LogP contribution in [0.25, 0.3) is 0 Å². The first-order chi connectivity index (χ1) is 8.15. The van der Waals surface area contributed by atoms with Crippen LogP contribution in [0.2, 0.25) is 0 Å². The minimum absolute atomic E-state index is 0.660. The second kappa shape index (κ2) is 5.56. The Hall–Kier alpha value is -1.00. The van der Waals surface area contributed by atoms with Crippen molar-refractivity contribution in [1.29, 1.82) is 0 Å². The Bertz CT molecular complexity index is 376. The van der Waals surface area contributed by atoms with E-state index in [0.717, 1.165) is 25.2 Å². The van der Waals surface area contributed by atoms with E-state index in [-0.39, 0.29) is 0 Å². The molecule has 0 bridgehead atoms. The molecule has 1 aromatic carbocycles. The SMILES string of the molecule is CN(Cc1ccc(F)c(F)c1)CC1CCNC1. The van der Waals surface area contributed by atoms with E-state index < -0.39 is 11.6 Å². The average molecular weight is 240 g/mol. The first-order valence-corrected chi connectivity index (χ1v) is 5.98. The molecule has 4 heteroatoms. The number of hydrogen-bond acceptors (Lipinski definition) is 2. The van der Waals surface area contributed by atoms with Crippen molar-refractivity contribution in [3.63, 3.8) is 0 Å². The van der Waals surface area contributed by atoms with E-state index in [9.17, 15) is 8.78 Å². The fourth-order valence-corrected chi connectivity index (χ4v) is 2.33. The minimum Gasteiger partial charge on any atom is -0.316 e. The highest BCUT2D eigenvalue weighted by atomic mass is 19.2. The van der Waals surface area contributed by atoms with Crippen LogP contribution in [0.15, 0.2) is 18.2 Å². The van der Waals surface area contributed by atoms with Gasteiger partial charge < -0.3 is 10.2 Å². The van der Waals surface area contributed by atoms with E-state index in [4.69, 9.17) is 0 Å². The van der Waals surface area contributed by atoms with Crippen molar-refractivity contribution in [2.75, 3.05) is 26.7 Å². The van der Waals surface area contributed by atoms with Crippen LogP contribution in [0, 0.1) is 17.6 Å². The van der Waals surface area contributed by atoms with E-state index in [1.54, 1.807) is 6.07 Å². The molecule has 1 heterocycles. The van der Waals surface area contributed by atoms with E-state index in [1.165, 1.54) is 18.6 Å². The van der Waals surface area contributed by atoms with E-state index in [0.29, 0.717) is 12.5 Å². The number of hydrogen-bond donors (Lipinski definition) is 1. The summed E-state index contributed by atoms with van der Waals surface area (Å²) in [6.45, 7) is 3.80. The Kier molecular flexibility index (Phi) is 4.07. The van der Waals surface area contributed by atoms with Gasteiger partial charge in [0.2, 0.25) is 0 Å². The van der Waals surface area contributed by atoms with Gasteiger partial charge in [0.05, 0.1) is 0 Å². The molecule has 1 aliphatic heterocycles. The quantitative estimate of drug-likeness (QED) is 0.866. The molecule has 1 unspecified atom stereocenters. The highest BCUT2D eigenvalue weighted by molar-refractivity contribution is 5.17. The highest BCUT2D eigenvalue weighted by Crippen LogP contribution is 2.13. The maximum absolute atomic E-state index is 13.0. The Labute approximate surface area is 101 Å². The van der Waals surface area contributed by atoms with Gasteiger partial charge in [-0.2, -0.15) is 0 Å². The summed E-state index contributed by atoms with van der Waals surface area (Å²) < 4.78 is 25.8. The van der Waals surface area contributed by atoms with Crippen LogP contribution in [-0.2, 0) is 6.54 Å². The lowest BCUT2D eigenvalue weighted by Gasteiger charge is -2.20. The fourth-order valence-electron chi connectivity index (χ4n) is 2.33. The van der Waals surface area contributed by atoms with Crippen molar-refractivity contribution in [2.45, 2.75) is 13.0 Å². The summed E-state index contributed by atoms with van der Waals surface area (Å²) in [6, 6.07) is 4.11. The van der Waals surface area contributed by atoms with Crippen LogP contribution in [0.5, 0.6) is 0 Å². The first kappa shape index (κ1) is 12.5. The molecule has 94 valence electrons.